The van der Waals surface area contributed by atoms with Crippen LogP contribution in [0, 0.1) is 5.92 Å². The molecule has 1 unspecified atom stereocenters. The third-order valence-corrected chi connectivity index (χ3v) is 2.09. The van der Waals surface area contributed by atoms with Crippen molar-refractivity contribution >= 4 is 11.9 Å². The number of hydrogen-bond donors (Lipinski definition) is 2. The molecular weight excluding hydrogens is 182 g/mol. The summed E-state index contributed by atoms with van der Waals surface area (Å²) in [5.41, 5.74) is 0. The quantitative estimate of drug-likeness (QED) is 0.483. The van der Waals surface area contributed by atoms with Crippen LogP contribution in [0.15, 0.2) is 0 Å². The third kappa shape index (κ3) is 5.56. The van der Waals surface area contributed by atoms with E-state index in [9.17, 15) is 9.59 Å². The lowest BCUT2D eigenvalue weighted by Gasteiger charge is -2.07. The van der Waals surface area contributed by atoms with Gasteiger partial charge < -0.3 is 10.4 Å². The molecule has 2 N–H and O–H groups in total. The number of amides is 1. The number of carbonyl (C=O) groups excluding carboxylic acids is 1. The zero-order valence-corrected chi connectivity index (χ0v) is 8.88. The fourth-order valence-electron chi connectivity index (χ4n) is 1.03. The molecule has 0 rings (SSSR count). The average Bonchev–Trinajstić information content (AvgIpc) is 2.16. The Labute approximate surface area is 84.7 Å². The molecule has 0 aliphatic carbocycles. The van der Waals surface area contributed by atoms with E-state index in [0.29, 0.717) is 6.54 Å². The van der Waals surface area contributed by atoms with Crippen LogP contribution in [0.2, 0.25) is 0 Å². The van der Waals surface area contributed by atoms with Crippen molar-refractivity contribution < 1.29 is 14.7 Å². The first-order valence-electron chi connectivity index (χ1n) is 5.10. The molecule has 82 valence electrons. The van der Waals surface area contributed by atoms with Gasteiger partial charge in [0.05, 0.1) is 0 Å². The van der Waals surface area contributed by atoms with E-state index in [0.717, 1.165) is 25.7 Å². The molecule has 0 fully saturated rings. The van der Waals surface area contributed by atoms with Gasteiger partial charge in [-0.05, 0) is 13.3 Å². The highest BCUT2D eigenvalue weighted by Gasteiger charge is 2.19. The summed E-state index contributed by atoms with van der Waals surface area (Å²) in [7, 11) is 0. The fourth-order valence-corrected chi connectivity index (χ4v) is 1.03. The number of carboxylic acids is 1. The van der Waals surface area contributed by atoms with Gasteiger partial charge in [0.1, 0.15) is 5.92 Å². The van der Waals surface area contributed by atoms with Crippen molar-refractivity contribution in [3.8, 4) is 0 Å². The molecular formula is C10H19NO3. The maximum atomic E-state index is 11.1. The first kappa shape index (κ1) is 12.9. The lowest BCUT2D eigenvalue weighted by atomic mass is 10.1. The third-order valence-electron chi connectivity index (χ3n) is 2.09. The zero-order valence-electron chi connectivity index (χ0n) is 8.88. The summed E-state index contributed by atoms with van der Waals surface area (Å²) in [5.74, 6) is -2.41. The number of carbonyl (C=O) groups is 2. The lowest BCUT2D eigenvalue weighted by molar-refractivity contribution is -0.146. The second-order valence-electron chi connectivity index (χ2n) is 3.41. The van der Waals surface area contributed by atoms with Crippen LogP contribution in [-0.4, -0.2) is 23.5 Å². The van der Waals surface area contributed by atoms with Gasteiger partial charge in [0, 0.05) is 6.54 Å². The van der Waals surface area contributed by atoms with Crippen molar-refractivity contribution in [2.24, 2.45) is 5.92 Å². The predicted molar refractivity (Wildman–Crippen MR) is 54.0 cm³/mol. The van der Waals surface area contributed by atoms with Gasteiger partial charge in [0.15, 0.2) is 0 Å². The smallest absolute Gasteiger partial charge is 0.315 e. The molecule has 14 heavy (non-hydrogen) atoms. The van der Waals surface area contributed by atoms with E-state index in [4.69, 9.17) is 5.11 Å². The Morgan fingerprint density at radius 1 is 1.29 bits per heavy atom. The molecule has 1 atom stereocenters. The Morgan fingerprint density at radius 2 is 1.93 bits per heavy atom. The molecule has 0 aromatic carbocycles. The van der Waals surface area contributed by atoms with Crippen molar-refractivity contribution in [2.45, 2.75) is 39.5 Å². The van der Waals surface area contributed by atoms with E-state index >= 15 is 0 Å². The minimum absolute atomic E-state index is 0.394. The number of unbranched alkanes of at least 4 members (excludes halogenated alkanes) is 3. The molecule has 0 aromatic heterocycles. The van der Waals surface area contributed by atoms with Gasteiger partial charge in [0.25, 0.3) is 0 Å². The van der Waals surface area contributed by atoms with Gasteiger partial charge in [-0.1, -0.05) is 26.2 Å². The number of nitrogens with one attached hydrogen (secondary N) is 1. The molecule has 4 heteroatoms. The molecule has 1 amide bonds. The normalized spacial score (nSPS) is 12.1. The first-order chi connectivity index (χ1) is 6.59. The summed E-state index contributed by atoms with van der Waals surface area (Å²) < 4.78 is 0. The number of hydrogen-bond acceptors (Lipinski definition) is 2. The first-order valence-corrected chi connectivity index (χ1v) is 5.10. The lowest BCUT2D eigenvalue weighted by Crippen LogP contribution is -2.34. The average molecular weight is 201 g/mol. The van der Waals surface area contributed by atoms with E-state index in [1.54, 1.807) is 0 Å². The van der Waals surface area contributed by atoms with Crippen molar-refractivity contribution in [3.05, 3.63) is 0 Å². The summed E-state index contributed by atoms with van der Waals surface area (Å²) in [6, 6.07) is 0. The fraction of sp³-hybridized carbons (Fsp3) is 0.800. The van der Waals surface area contributed by atoms with Gasteiger partial charge in [-0.25, -0.2) is 0 Å². The molecule has 0 radical (unpaired) electrons. The van der Waals surface area contributed by atoms with Gasteiger partial charge >= 0.3 is 5.97 Å². The summed E-state index contributed by atoms with van der Waals surface area (Å²) in [4.78, 5) is 21.5. The topological polar surface area (TPSA) is 66.4 Å². The summed E-state index contributed by atoms with van der Waals surface area (Å²) >= 11 is 0. The van der Waals surface area contributed by atoms with Crippen LogP contribution in [0.3, 0.4) is 0 Å². The number of rotatable bonds is 7. The van der Waals surface area contributed by atoms with E-state index in [-0.39, 0.29) is 0 Å². The van der Waals surface area contributed by atoms with E-state index in [2.05, 4.69) is 12.2 Å². The van der Waals surface area contributed by atoms with Crippen molar-refractivity contribution in [2.75, 3.05) is 6.54 Å². The van der Waals surface area contributed by atoms with Crippen LogP contribution in [-0.2, 0) is 9.59 Å². The monoisotopic (exact) mass is 201 g/mol. The molecule has 0 aromatic rings. The maximum Gasteiger partial charge on any atom is 0.315 e. The Kier molecular flexibility index (Phi) is 6.80. The maximum absolute atomic E-state index is 11.1. The Bertz CT molecular complexity index is 192. The molecule has 0 spiro atoms. The second kappa shape index (κ2) is 7.35. The standard InChI is InChI=1S/C10H19NO3/c1-3-4-5-6-7-11-9(12)8(2)10(13)14/h8H,3-7H2,1-2H3,(H,11,12)(H,13,14). The van der Waals surface area contributed by atoms with Crippen LogP contribution >= 0.6 is 0 Å². The minimum Gasteiger partial charge on any atom is -0.481 e. The number of carboxylic acid groups (broad SMARTS) is 1. The van der Waals surface area contributed by atoms with Gasteiger partial charge in [-0.15, -0.1) is 0 Å². The predicted octanol–water partition coefficient (Wildman–Crippen LogP) is 1.40. The second-order valence-corrected chi connectivity index (χ2v) is 3.41. The molecule has 0 bridgehead atoms. The Hall–Kier alpha value is -1.06. The highest BCUT2D eigenvalue weighted by molar-refractivity contribution is 5.96. The van der Waals surface area contributed by atoms with E-state index in [1.807, 2.05) is 0 Å². The molecule has 0 saturated heterocycles. The Morgan fingerprint density at radius 3 is 2.43 bits per heavy atom. The van der Waals surface area contributed by atoms with E-state index in [1.165, 1.54) is 6.92 Å². The molecule has 0 aliphatic rings. The summed E-state index contributed by atoms with van der Waals surface area (Å²) in [6.45, 7) is 4.09. The highest BCUT2D eigenvalue weighted by atomic mass is 16.4. The van der Waals surface area contributed by atoms with Crippen LogP contribution in [0.5, 0.6) is 0 Å². The van der Waals surface area contributed by atoms with Gasteiger partial charge in [-0.2, -0.15) is 0 Å². The van der Waals surface area contributed by atoms with E-state index < -0.39 is 17.8 Å². The Balaban J connectivity index is 3.49. The van der Waals surface area contributed by atoms with Crippen LogP contribution in [0.1, 0.15) is 39.5 Å². The van der Waals surface area contributed by atoms with Crippen LogP contribution < -0.4 is 5.32 Å². The van der Waals surface area contributed by atoms with Crippen LogP contribution in [0.4, 0.5) is 0 Å². The SMILES string of the molecule is CCCCCCNC(=O)C(C)C(=O)O. The van der Waals surface area contributed by atoms with Crippen molar-refractivity contribution in [3.63, 3.8) is 0 Å². The minimum atomic E-state index is -1.07. The molecule has 0 heterocycles. The van der Waals surface area contributed by atoms with Crippen molar-refractivity contribution in [1.29, 1.82) is 0 Å². The van der Waals surface area contributed by atoms with Gasteiger partial charge in [-0.3, -0.25) is 9.59 Å². The summed E-state index contributed by atoms with van der Waals surface area (Å²) in [5, 5.41) is 11.1. The summed E-state index contributed by atoms with van der Waals surface area (Å²) in [6.07, 6.45) is 4.31. The largest absolute Gasteiger partial charge is 0.481 e. The molecule has 0 aliphatic heterocycles. The number of aliphatic carboxylic acids is 1. The zero-order chi connectivity index (χ0) is 11.0. The van der Waals surface area contributed by atoms with Crippen LogP contribution in [0.25, 0.3) is 0 Å². The van der Waals surface area contributed by atoms with Crippen molar-refractivity contribution in [1.82, 2.24) is 5.32 Å². The molecule has 4 nitrogen and oxygen atoms in total. The van der Waals surface area contributed by atoms with Gasteiger partial charge in [0.2, 0.25) is 5.91 Å². The highest BCUT2D eigenvalue weighted by Crippen LogP contribution is 1.98. The molecule has 0 saturated carbocycles.